The Kier molecular flexibility index (Phi) is 5.18. The number of carbonyl (C=O) groups excluding carboxylic acids is 1. The summed E-state index contributed by atoms with van der Waals surface area (Å²) >= 11 is 0. The second-order valence-corrected chi connectivity index (χ2v) is 7.67. The number of hydrogen-bond donors (Lipinski definition) is 1. The van der Waals surface area contributed by atoms with E-state index in [1.807, 2.05) is 31.2 Å². The van der Waals surface area contributed by atoms with Gasteiger partial charge in [-0.3, -0.25) is 4.79 Å². The molecule has 1 amide bonds. The summed E-state index contributed by atoms with van der Waals surface area (Å²) in [6.45, 7) is 1.98. The number of anilines is 1. The molecular weight excluding hydrogens is 312 g/mol. The summed E-state index contributed by atoms with van der Waals surface area (Å²) in [5.74, 6) is -0.142. The number of benzene rings is 2. The second-order valence-electron chi connectivity index (χ2n) is 5.52. The predicted octanol–water partition coefficient (Wildman–Crippen LogP) is 2.43. The third-order valence-electron chi connectivity index (χ3n) is 3.40. The largest absolute Gasteiger partial charge is 0.326 e. The fourth-order valence-corrected chi connectivity index (χ4v) is 2.92. The van der Waals surface area contributed by atoms with Crippen LogP contribution in [-0.4, -0.2) is 32.7 Å². The zero-order valence-corrected chi connectivity index (χ0v) is 14.2. The average molecular weight is 332 g/mol. The highest BCUT2D eigenvalue weighted by molar-refractivity contribution is 7.89. The highest BCUT2D eigenvalue weighted by Gasteiger charge is 2.16. The molecule has 0 radical (unpaired) electrons. The van der Waals surface area contributed by atoms with Crippen LogP contribution in [0.2, 0.25) is 0 Å². The molecule has 0 aliphatic heterocycles. The molecule has 0 unspecified atom stereocenters. The van der Waals surface area contributed by atoms with E-state index in [1.54, 1.807) is 12.1 Å². The highest BCUT2D eigenvalue weighted by Crippen LogP contribution is 2.15. The predicted molar refractivity (Wildman–Crippen MR) is 90.8 cm³/mol. The molecule has 2 rings (SSSR count). The second kappa shape index (κ2) is 6.93. The lowest BCUT2D eigenvalue weighted by atomic mass is 10.1. The fraction of sp³-hybridized carbons (Fsp3) is 0.235. The Balaban J connectivity index is 2.03. The molecule has 6 heteroatoms. The number of amides is 1. The molecule has 23 heavy (non-hydrogen) atoms. The van der Waals surface area contributed by atoms with Crippen molar-refractivity contribution in [2.24, 2.45) is 0 Å². The van der Waals surface area contributed by atoms with E-state index in [0.717, 1.165) is 21.1 Å². The maximum Gasteiger partial charge on any atom is 0.242 e. The smallest absolute Gasteiger partial charge is 0.242 e. The third-order valence-corrected chi connectivity index (χ3v) is 5.23. The molecule has 0 aliphatic carbocycles. The zero-order valence-electron chi connectivity index (χ0n) is 13.4. The van der Waals surface area contributed by atoms with E-state index >= 15 is 0 Å². The maximum absolute atomic E-state index is 12.0. The summed E-state index contributed by atoms with van der Waals surface area (Å²) in [7, 11) is -0.473. The molecule has 0 fully saturated rings. The van der Waals surface area contributed by atoms with Crippen molar-refractivity contribution in [3.8, 4) is 0 Å². The number of rotatable bonds is 5. The molecule has 1 N–H and O–H groups in total. The summed E-state index contributed by atoms with van der Waals surface area (Å²) in [4.78, 5) is 12.2. The van der Waals surface area contributed by atoms with Gasteiger partial charge in [-0.15, -0.1) is 0 Å². The lowest BCUT2D eigenvalue weighted by Gasteiger charge is -2.11. The van der Waals surface area contributed by atoms with Gasteiger partial charge in [-0.2, -0.15) is 0 Å². The van der Waals surface area contributed by atoms with Gasteiger partial charge in [0.05, 0.1) is 11.3 Å². The zero-order chi connectivity index (χ0) is 17.0. The Morgan fingerprint density at radius 1 is 1.00 bits per heavy atom. The molecule has 2 aromatic rings. The van der Waals surface area contributed by atoms with Crippen LogP contribution < -0.4 is 5.32 Å². The van der Waals surface area contributed by atoms with Crippen LogP contribution in [0.5, 0.6) is 0 Å². The average Bonchev–Trinajstić information content (AvgIpc) is 2.50. The van der Waals surface area contributed by atoms with Crippen molar-refractivity contribution in [2.45, 2.75) is 18.2 Å². The van der Waals surface area contributed by atoms with Gasteiger partial charge in [-0.25, -0.2) is 12.7 Å². The van der Waals surface area contributed by atoms with Crippen molar-refractivity contribution in [1.29, 1.82) is 0 Å². The van der Waals surface area contributed by atoms with Crippen LogP contribution in [0.1, 0.15) is 11.1 Å². The lowest BCUT2D eigenvalue weighted by molar-refractivity contribution is -0.115. The van der Waals surface area contributed by atoms with Crippen LogP contribution in [0.3, 0.4) is 0 Å². The molecule has 122 valence electrons. The van der Waals surface area contributed by atoms with Crippen molar-refractivity contribution in [1.82, 2.24) is 4.31 Å². The minimum absolute atomic E-state index is 0.142. The minimum atomic E-state index is -3.44. The summed E-state index contributed by atoms with van der Waals surface area (Å²) < 4.78 is 25.1. The molecule has 0 heterocycles. The number of sulfonamides is 1. The van der Waals surface area contributed by atoms with E-state index in [4.69, 9.17) is 0 Å². The Morgan fingerprint density at radius 2 is 1.57 bits per heavy atom. The van der Waals surface area contributed by atoms with E-state index < -0.39 is 10.0 Å². The first kappa shape index (κ1) is 17.2. The molecule has 0 aliphatic rings. The maximum atomic E-state index is 12.0. The Hall–Kier alpha value is -2.18. The molecule has 0 saturated heterocycles. The Bertz CT molecular complexity index is 780. The summed E-state index contributed by atoms with van der Waals surface area (Å²) in [6.07, 6.45) is 0.191. The first-order valence-corrected chi connectivity index (χ1v) is 8.61. The van der Waals surface area contributed by atoms with Gasteiger partial charge in [0, 0.05) is 19.8 Å². The monoisotopic (exact) mass is 332 g/mol. The van der Waals surface area contributed by atoms with Gasteiger partial charge in [-0.05, 0) is 36.8 Å². The van der Waals surface area contributed by atoms with Gasteiger partial charge in [0.2, 0.25) is 15.9 Å². The van der Waals surface area contributed by atoms with E-state index in [9.17, 15) is 13.2 Å². The first-order chi connectivity index (χ1) is 10.8. The van der Waals surface area contributed by atoms with Crippen LogP contribution in [0.25, 0.3) is 0 Å². The van der Waals surface area contributed by atoms with Crippen LogP contribution in [0.4, 0.5) is 5.69 Å². The Morgan fingerprint density at radius 3 is 2.09 bits per heavy atom. The van der Waals surface area contributed by atoms with Crippen LogP contribution in [-0.2, 0) is 21.2 Å². The first-order valence-electron chi connectivity index (χ1n) is 7.17. The molecule has 0 saturated carbocycles. The number of aryl methyl sites for hydroxylation is 1. The molecule has 5 nitrogen and oxygen atoms in total. The molecule has 0 atom stereocenters. The number of hydrogen-bond acceptors (Lipinski definition) is 3. The SMILES string of the molecule is Cc1ccc(NC(=O)Cc2ccc(S(=O)(=O)N(C)C)cc2)cc1. The summed E-state index contributed by atoms with van der Waals surface area (Å²) in [6, 6.07) is 13.9. The van der Waals surface area contributed by atoms with E-state index in [2.05, 4.69) is 5.32 Å². The Labute approximate surface area is 137 Å². The summed E-state index contributed by atoms with van der Waals surface area (Å²) in [5.41, 5.74) is 2.63. The van der Waals surface area contributed by atoms with Crippen molar-refractivity contribution in [3.05, 3.63) is 59.7 Å². The van der Waals surface area contributed by atoms with Crippen LogP contribution >= 0.6 is 0 Å². The van der Waals surface area contributed by atoms with Crippen molar-refractivity contribution < 1.29 is 13.2 Å². The molecule has 0 spiro atoms. The van der Waals surface area contributed by atoms with Gasteiger partial charge in [0.15, 0.2) is 0 Å². The van der Waals surface area contributed by atoms with Gasteiger partial charge in [0.25, 0.3) is 0 Å². The van der Waals surface area contributed by atoms with Crippen molar-refractivity contribution in [2.75, 3.05) is 19.4 Å². The number of nitrogens with zero attached hydrogens (tertiary/aromatic N) is 1. The number of carbonyl (C=O) groups is 1. The van der Waals surface area contributed by atoms with Gasteiger partial charge < -0.3 is 5.32 Å². The van der Waals surface area contributed by atoms with Crippen molar-refractivity contribution in [3.63, 3.8) is 0 Å². The third kappa shape index (κ3) is 4.40. The molecule has 2 aromatic carbocycles. The van der Waals surface area contributed by atoms with E-state index in [1.165, 1.54) is 26.2 Å². The van der Waals surface area contributed by atoms with E-state index in [-0.39, 0.29) is 17.2 Å². The van der Waals surface area contributed by atoms with Gasteiger partial charge >= 0.3 is 0 Å². The quantitative estimate of drug-likeness (QED) is 0.914. The lowest BCUT2D eigenvalue weighted by Crippen LogP contribution is -2.22. The van der Waals surface area contributed by atoms with E-state index in [0.29, 0.717) is 0 Å². The number of nitrogens with one attached hydrogen (secondary N) is 1. The van der Waals surface area contributed by atoms with Gasteiger partial charge in [0.1, 0.15) is 0 Å². The van der Waals surface area contributed by atoms with Crippen molar-refractivity contribution >= 4 is 21.6 Å². The molecular formula is C17H20N2O3S. The topological polar surface area (TPSA) is 66.5 Å². The minimum Gasteiger partial charge on any atom is -0.326 e. The highest BCUT2D eigenvalue weighted by atomic mass is 32.2. The normalized spacial score (nSPS) is 11.5. The molecule has 0 bridgehead atoms. The van der Waals surface area contributed by atoms with Gasteiger partial charge in [-0.1, -0.05) is 29.8 Å². The van der Waals surface area contributed by atoms with Crippen LogP contribution in [0.15, 0.2) is 53.4 Å². The van der Waals surface area contributed by atoms with Crippen LogP contribution in [0, 0.1) is 6.92 Å². The standard InChI is InChI=1S/C17H20N2O3S/c1-13-4-8-15(9-5-13)18-17(20)12-14-6-10-16(11-7-14)23(21,22)19(2)3/h4-11H,12H2,1-3H3,(H,18,20). The fourth-order valence-electron chi connectivity index (χ4n) is 2.02. The summed E-state index contributed by atoms with van der Waals surface area (Å²) in [5, 5.41) is 2.82. The molecule has 0 aromatic heterocycles.